The zero-order chi connectivity index (χ0) is 13.9. The Kier molecular flexibility index (Phi) is 4.55. The van der Waals surface area contributed by atoms with Crippen molar-refractivity contribution in [1.29, 1.82) is 0 Å². The van der Waals surface area contributed by atoms with Gasteiger partial charge in [0.2, 0.25) is 0 Å². The summed E-state index contributed by atoms with van der Waals surface area (Å²) in [6.45, 7) is 3.86. The second-order valence-electron chi connectivity index (χ2n) is 3.92. The predicted molar refractivity (Wildman–Crippen MR) is 72.2 cm³/mol. The zero-order valence-electron chi connectivity index (χ0n) is 10.8. The summed E-state index contributed by atoms with van der Waals surface area (Å²) in [4.78, 5) is 23.6. The minimum Gasteiger partial charge on any atom is -0.465 e. The molecule has 1 rings (SSSR count). The number of nitrogen functional groups attached to an aromatic ring is 1. The van der Waals surface area contributed by atoms with Crippen LogP contribution >= 0.6 is 11.3 Å². The molecular formula is C11H17N3O3S. The Balaban J connectivity index is 3.31. The smallest absolute Gasteiger partial charge is 0.350 e. The van der Waals surface area contributed by atoms with Crippen molar-refractivity contribution in [3.63, 3.8) is 0 Å². The monoisotopic (exact) mass is 271 g/mol. The molecule has 0 unspecified atom stereocenters. The highest BCUT2D eigenvalue weighted by Gasteiger charge is 2.25. The van der Waals surface area contributed by atoms with Gasteiger partial charge in [-0.1, -0.05) is 0 Å². The standard InChI is InChI=1S/C11H17N3O3S/c1-5(2)14-10-6(9(15)13-3)7(12)8(18-10)11(16)17-4/h5,14H,12H2,1-4H3,(H,13,15). The van der Waals surface area contributed by atoms with Crippen LogP contribution in [0, 0.1) is 0 Å². The maximum atomic E-state index is 11.8. The molecule has 0 saturated carbocycles. The van der Waals surface area contributed by atoms with Gasteiger partial charge in [0.05, 0.1) is 18.4 Å². The van der Waals surface area contributed by atoms with Crippen molar-refractivity contribution >= 4 is 33.9 Å². The molecule has 0 aliphatic carbocycles. The van der Waals surface area contributed by atoms with Crippen LogP contribution in [0.1, 0.15) is 33.9 Å². The van der Waals surface area contributed by atoms with Crippen LogP contribution in [0.3, 0.4) is 0 Å². The van der Waals surface area contributed by atoms with Crippen molar-refractivity contribution in [3.05, 3.63) is 10.4 Å². The molecule has 0 spiro atoms. The Hall–Kier alpha value is -1.76. The Morgan fingerprint density at radius 3 is 2.44 bits per heavy atom. The number of esters is 1. The lowest BCUT2D eigenvalue weighted by Gasteiger charge is -2.09. The van der Waals surface area contributed by atoms with Gasteiger partial charge in [0.1, 0.15) is 9.88 Å². The zero-order valence-corrected chi connectivity index (χ0v) is 11.6. The summed E-state index contributed by atoms with van der Waals surface area (Å²) in [7, 11) is 2.78. The number of methoxy groups -OCH3 is 1. The van der Waals surface area contributed by atoms with Gasteiger partial charge < -0.3 is 21.1 Å². The number of thiophene rings is 1. The molecule has 0 radical (unpaired) electrons. The summed E-state index contributed by atoms with van der Waals surface area (Å²) in [6.07, 6.45) is 0. The van der Waals surface area contributed by atoms with Crippen LogP contribution in [-0.4, -0.2) is 32.1 Å². The summed E-state index contributed by atoms with van der Waals surface area (Å²) in [6, 6.07) is 0.122. The van der Waals surface area contributed by atoms with E-state index < -0.39 is 5.97 Å². The number of rotatable bonds is 4. The van der Waals surface area contributed by atoms with Crippen molar-refractivity contribution in [2.45, 2.75) is 19.9 Å². The lowest BCUT2D eigenvalue weighted by atomic mass is 10.2. The van der Waals surface area contributed by atoms with Crippen LogP contribution in [-0.2, 0) is 4.74 Å². The number of carbonyl (C=O) groups excluding carboxylic acids is 2. The Bertz CT molecular complexity index is 468. The van der Waals surface area contributed by atoms with E-state index in [1.165, 1.54) is 14.2 Å². The fraction of sp³-hybridized carbons (Fsp3) is 0.455. The highest BCUT2D eigenvalue weighted by molar-refractivity contribution is 7.19. The lowest BCUT2D eigenvalue weighted by Crippen LogP contribution is -2.21. The molecule has 0 bridgehead atoms. The van der Waals surface area contributed by atoms with Gasteiger partial charge in [-0.05, 0) is 13.8 Å². The third-order valence-corrected chi connectivity index (χ3v) is 3.31. The summed E-state index contributed by atoms with van der Waals surface area (Å²) in [5.41, 5.74) is 6.28. The van der Waals surface area contributed by atoms with E-state index >= 15 is 0 Å². The van der Waals surface area contributed by atoms with E-state index in [-0.39, 0.29) is 28.1 Å². The Morgan fingerprint density at radius 2 is 2.00 bits per heavy atom. The summed E-state index contributed by atoms with van der Waals surface area (Å²) in [5.74, 6) is -0.874. The molecule has 7 heteroatoms. The van der Waals surface area contributed by atoms with Crippen LogP contribution in [0.5, 0.6) is 0 Å². The molecule has 0 aliphatic rings. The maximum Gasteiger partial charge on any atom is 0.350 e. The second kappa shape index (κ2) is 5.72. The SMILES string of the molecule is CNC(=O)c1c(NC(C)C)sc(C(=O)OC)c1N. The van der Waals surface area contributed by atoms with Crippen LogP contribution in [0.4, 0.5) is 10.7 Å². The number of amides is 1. The van der Waals surface area contributed by atoms with Gasteiger partial charge in [0, 0.05) is 13.1 Å². The fourth-order valence-electron chi connectivity index (χ4n) is 1.40. The maximum absolute atomic E-state index is 11.8. The van der Waals surface area contributed by atoms with Crippen LogP contribution in [0.25, 0.3) is 0 Å². The van der Waals surface area contributed by atoms with Crippen molar-refractivity contribution < 1.29 is 14.3 Å². The molecule has 1 amide bonds. The van der Waals surface area contributed by atoms with Gasteiger partial charge in [-0.25, -0.2) is 4.79 Å². The molecule has 4 N–H and O–H groups in total. The second-order valence-corrected chi connectivity index (χ2v) is 4.94. The van der Waals surface area contributed by atoms with E-state index in [2.05, 4.69) is 15.4 Å². The number of ether oxygens (including phenoxy) is 1. The molecule has 0 aromatic carbocycles. The molecule has 1 aromatic rings. The minimum absolute atomic E-state index is 0.122. The molecule has 18 heavy (non-hydrogen) atoms. The van der Waals surface area contributed by atoms with Crippen LogP contribution in [0.2, 0.25) is 0 Å². The van der Waals surface area contributed by atoms with E-state index in [1.807, 2.05) is 13.8 Å². The van der Waals surface area contributed by atoms with E-state index in [9.17, 15) is 9.59 Å². The lowest BCUT2D eigenvalue weighted by molar-refractivity contribution is 0.0607. The average molecular weight is 271 g/mol. The molecule has 6 nitrogen and oxygen atoms in total. The molecular weight excluding hydrogens is 254 g/mol. The predicted octanol–water partition coefficient (Wildman–Crippen LogP) is 1.30. The van der Waals surface area contributed by atoms with Gasteiger partial charge in [0.25, 0.3) is 5.91 Å². The van der Waals surface area contributed by atoms with Crippen molar-refractivity contribution in [1.82, 2.24) is 5.32 Å². The van der Waals surface area contributed by atoms with Gasteiger partial charge >= 0.3 is 5.97 Å². The first kappa shape index (κ1) is 14.3. The number of anilines is 2. The molecule has 0 fully saturated rings. The number of hydrogen-bond donors (Lipinski definition) is 3. The molecule has 1 aromatic heterocycles. The first-order valence-electron chi connectivity index (χ1n) is 5.41. The summed E-state index contributed by atoms with van der Waals surface area (Å²) in [5, 5.41) is 6.17. The third-order valence-electron chi connectivity index (χ3n) is 2.19. The highest BCUT2D eigenvalue weighted by atomic mass is 32.1. The normalized spacial score (nSPS) is 10.3. The number of hydrogen-bond acceptors (Lipinski definition) is 6. The summed E-state index contributed by atoms with van der Waals surface area (Å²) < 4.78 is 4.64. The van der Waals surface area contributed by atoms with Crippen molar-refractivity contribution in [2.75, 3.05) is 25.2 Å². The largest absolute Gasteiger partial charge is 0.465 e. The fourth-order valence-corrected chi connectivity index (χ4v) is 2.58. The van der Waals surface area contributed by atoms with Crippen LogP contribution < -0.4 is 16.4 Å². The molecule has 100 valence electrons. The van der Waals surface area contributed by atoms with E-state index in [4.69, 9.17) is 5.73 Å². The number of nitrogens with two attached hydrogens (primary N) is 1. The van der Waals surface area contributed by atoms with E-state index in [1.54, 1.807) is 0 Å². The Morgan fingerprint density at radius 1 is 1.39 bits per heavy atom. The number of nitrogens with one attached hydrogen (secondary N) is 2. The quantitative estimate of drug-likeness (QED) is 0.718. The first-order valence-corrected chi connectivity index (χ1v) is 6.23. The minimum atomic E-state index is -0.542. The van der Waals surface area contributed by atoms with Gasteiger partial charge in [-0.2, -0.15) is 0 Å². The first-order chi connectivity index (χ1) is 8.42. The average Bonchev–Trinajstić information content (AvgIpc) is 2.63. The molecule has 1 heterocycles. The van der Waals surface area contributed by atoms with Gasteiger partial charge in [-0.15, -0.1) is 11.3 Å². The number of carbonyl (C=O) groups is 2. The topological polar surface area (TPSA) is 93.5 Å². The van der Waals surface area contributed by atoms with Gasteiger partial charge in [-0.3, -0.25) is 4.79 Å². The van der Waals surface area contributed by atoms with Crippen LogP contribution in [0.15, 0.2) is 0 Å². The molecule has 0 atom stereocenters. The molecule has 0 aliphatic heterocycles. The van der Waals surface area contributed by atoms with Crippen molar-refractivity contribution in [2.24, 2.45) is 0 Å². The third kappa shape index (κ3) is 2.73. The van der Waals surface area contributed by atoms with Crippen molar-refractivity contribution in [3.8, 4) is 0 Å². The van der Waals surface area contributed by atoms with E-state index in [0.29, 0.717) is 5.00 Å². The molecule has 0 saturated heterocycles. The Labute approximate surface area is 110 Å². The highest BCUT2D eigenvalue weighted by Crippen LogP contribution is 2.36. The van der Waals surface area contributed by atoms with Gasteiger partial charge in [0.15, 0.2) is 0 Å². The van der Waals surface area contributed by atoms with E-state index in [0.717, 1.165) is 11.3 Å². The summed E-state index contributed by atoms with van der Waals surface area (Å²) >= 11 is 1.12.